The van der Waals surface area contributed by atoms with Gasteiger partial charge in [0.15, 0.2) is 0 Å². The van der Waals surface area contributed by atoms with E-state index in [9.17, 15) is 13.9 Å². The van der Waals surface area contributed by atoms with E-state index in [0.717, 1.165) is 10.0 Å². The molecule has 2 nitrogen and oxygen atoms in total. The molecule has 2 aromatic rings. The van der Waals surface area contributed by atoms with Crippen molar-refractivity contribution in [3.63, 3.8) is 0 Å². The van der Waals surface area contributed by atoms with Crippen molar-refractivity contribution in [1.29, 1.82) is 0 Å². The van der Waals surface area contributed by atoms with Crippen LogP contribution >= 0.6 is 15.9 Å². The molecule has 21 heavy (non-hydrogen) atoms. The van der Waals surface area contributed by atoms with E-state index in [2.05, 4.69) is 15.9 Å². The molecule has 0 fully saturated rings. The van der Waals surface area contributed by atoms with Gasteiger partial charge in [0.1, 0.15) is 17.4 Å². The standard InChI is InChI=1S/C16H15BrF2O2/c1-21-16-6-5-10(8-13(16)17)7-11(20)9-12-14(18)3-2-4-15(12)19/h2-6,8,11,20H,7,9H2,1H3. The maximum atomic E-state index is 13.5. The highest BCUT2D eigenvalue weighted by atomic mass is 79.9. The summed E-state index contributed by atoms with van der Waals surface area (Å²) in [7, 11) is 1.57. The topological polar surface area (TPSA) is 29.5 Å². The lowest BCUT2D eigenvalue weighted by molar-refractivity contribution is 0.172. The first-order chi connectivity index (χ1) is 10.0. The predicted octanol–water partition coefficient (Wildman–Crippen LogP) is 3.88. The minimum atomic E-state index is -0.864. The van der Waals surface area contributed by atoms with E-state index in [1.165, 1.54) is 18.2 Å². The van der Waals surface area contributed by atoms with Crippen molar-refractivity contribution in [1.82, 2.24) is 0 Å². The number of methoxy groups -OCH3 is 1. The summed E-state index contributed by atoms with van der Waals surface area (Å²) in [6.07, 6.45) is -0.630. The molecule has 1 unspecified atom stereocenters. The van der Waals surface area contributed by atoms with Crippen molar-refractivity contribution in [2.45, 2.75) is 18.9 Å². The summed E-state index contributed by atoms with van der Waals surface area (Å²) in [5.41, 5.74) is 0.768. The zero-order valence-corrected chi connectivity index (χ0v) is 13.0. The Labute approximate surface area is 130 Å². The Morgan fingerprint density at radius 3 is 2.38 bits per heavy atom. The molecule has 5 heteroatoms. The smallest absolute Gasteiger partial charge is 0.133 e. The predicted molar refractivity (Wildman–Crippen MR) is 80.5 cm³/mol. The van der Waals surface area contributed by atoms with Gasteiger partial charge in [0, 0.05) is 12.0 Å². The third-order valence-corrected chi connectivity index (χ3v) is 3.81. The van der Waals surface area contributed by atoms with Gasteiger partial charge in [0.25, 0.3) is 0 Å². The number of ether oxygens (including phenoxy) is 1. The van der Waals surface area contributed by atoms with E-state index in [-0.39, 0.29) is 12.0 Å². The maximum Gasteiger partial charge on any atom is 0.133 e. The van der Waals surface area contributed by atoms with Crippen LogP contribution in [0.25, 0.3) is 0 Å². The van der Waals surface area contributed by atoms with Crippen LogP contribution in [0.2, 0.25) is 0 Å². The second kappa shape index (κ2) is 7.00. The molecule has 1 N–H and O–H groups in total. The lowest BCUT2D eigenvalue weighted by Gasteiger charge is -2.13. The second-order valence-electron chi connectivity index (χ2n) is 4.73. The Morgan fingerprint density at radius 1 is 1.14 bits per heavy atom. The van der Waals surface area contributed by atoms with Gasteiger partial charge < -0.3 is 9.84 Å². The third kappa shape index (κ3) is 4.02. The van der Waals surface area contributed by atoms with Crippen molar-refractivity contribution in [3.8, 4) is 5.75 Å². The summed E-state index contributed by atoms with van der Waals surface area (Å²) in [5, 5.41) is 10.0. The molecule has 112 valence electrons. The highest BCUT2D eigenvalue weighted by Crippen LogP contribution is 2.26. The van der Waals surface area contributed by atoms with Gasteiger partial charge in [-0.15, -0.1) is 0 Å². The molecule has 0 saturated carbocycles. The van der Waals surface area contributed by atoms with Gasteiger partial charge in [-0.25, -0.2) is 8.78 Å². The summed E-state index contributed by atoms with van der Waals surface area (Å²) < 4.78 is 33.0. The van der Waals surface area contributed by atoms with Gasteiger partial charge >= 0.3 is 0 Å². The molecule has 0 saturated heterocycles. The summed E-state index contributed by atoms with van der Waals surface area (Å²) in [6.45, 7) is 0. The molecule has 0 aromatic heterocycles. The Balaban J connectivity index is 2.08. The van der Waals surface area contributed by atoms with Gasteiger partial charge in [0.2, 0.25) is 0 Å². The minimum absolute atomic E-state index is 0.0673. The number of halogens is 3. The van der Waals surface area contributed by atoms with Crippen LogP contribution in [0.3, 0.4) is 0 Å². The Hall–Kier alpha value is -1.46. The zero-order valence-electron chi connectivity index (χ0n) is 11.4. The molecule has 0 aliphatic rings. The first-order valence-corrected chi connectivity index (χ1v) is 7.24. The van der Waals surface area contributed by atoms with Gasteiger partial charge in [-0.05, 0) is 52.2 Å². The molecule has 2 rings (SSSR count). The van der Waals surface area contributed by atoms with Gasteiger partial charge in [0.05, 0.1) is 17.7 Å². The van der Waals surface area contributed by atoms with E-state index in [1.54, 1.807) is 13.2 Å². The van der Waals surface area contributed by atoms with Crippen molar-refractivity contribution in [3.05, 3.63) is 63.6 Å². The summed E-state index contributed by atoms with van der Waals surface area (Å²) in [5.74, 6) is -0.580. The fourth-order valence-electron chi connectivity index (χ4n) is 2.14. The van der Waals surface area contributed by atoms with Crippen LogP contribution in [0.4, 0.5) is 8.78 Å². The molecule has 2 aromatic carbocycles. The molecule has 0 radical (unpaired) electrons. The monoisotopic (exact) mass is 356 g/mol. The zero-order chi connectivity index (χ0) is 15.4. The number of aliphatic hydroxyl groups excluding tert-OH is 1. The quantitative estimate of drug-likeness (QED) is 0.880. The van der Waals surface area contributed by atoms with Crippen LogP contribution in [0.5, 0.6) is 5.75 Å². The fraction of sp³-hybridized carbons (Fsp3) is 0.250. The van der Waals surface area contributed by atoms with Crippen LogP contribution < -0.4 is 4.74 Å². The number of benzene rings is 2. The SMILES string of the molecule is COc1ccc(CC(O)Cc2c(F)cccc2F)cc1Br. The minimum Gasteiger partial charge on any atom is -0.496 e. The molecular formula is C16H15BrF2O2. The van der Waals surface area contributed by atoms with Gasteiger partial charge in [-0.2, -0.15) is 0 Å². The van der Waals surface area contributed by atoms with Crippen LogP contribution in [0, 0.1) is 11.6 Å². The van der Waals surface area contributed by atoms with Crippen molar-refractivity contribution in [2.24, 2.45) is 0 Å². The molecule has 0 heterocycles. The molecule has 1 atom stereocenters. The Morgan fingerprint density at radius 2 is 1.81 bits per heavy atom. The second-order valence-corrected chi connectivity index (χ2v) is 5.59. The van der Waals surface area contributed by atoms with E-state index < -0.39 is 17.7 Å². The summed E-state index contributed by atoms with van der Waals surface area (Å²) >= 11 is 3.36. The van der Waals surface area contributed by atoms with Crippen molar-refractivity contribution in [2.75, 3.05) is 7.11 Å². The first kappa shape index (κ1) is 15.9. The van der Waals surface area contributed by atoms with Crippen LogP contribution in [-0.2, 0) is 12.8 Å². The highest BCUT2D eigenvalue weighted by Gasteiger charge is 2.14. The van der Waals surface area contributed by atoms with E-state index >= 15 is 0 Å². The first-order valence-electron chi connectivity index (χ1n) is 6.44. The lowest BCUT2D eigenvalue weighted by Crippen LogP contribution is -2.16. The largest absolute Gasteiger partial charge is 0.496 e. The molecular weight excluding hydrogens is 342 g/mol. The lowest BCUT2D eigenvalue weighted by atomic mass is 10.0. The number of hydrogen-bond acceptors (Lipinski definition) is 2. The molecule has 0 aliphatic carbocycles. The number of rotatable bonds is 5. The highest BCUT2D eigenvalue weighted by molar-refractivity contribution is 9.10. The molecule has 0 bridgehead atoms. The normalized spacial score (nSPS) is 12.2. The number of aliphatic hydroxyl groups is 1. The Bertz CT molecular complexity index is 611. The van der Waals surface area contributed by atoms with E-state index in [0.29, 0.717) is 12.2 Å². The van der Waals surface area contributed by atoms with E-state index in [1.807, 2.05) is 12.1 Å². The van der Waals surface area contributed by atoms with Crippen LogP contribution in [0.15, 0.2) is 40.9 Å². The average Bonchev–Trinajstić information content (AvgIpc) is 2.43. The van der Waals surface area contributed by atoms with Crippen molar-refractivity contribution < 1.29 is 18.6 Å². The fourth-order valence-corrected chi connectivity index (χ4v) is 2.73. The van der Waals surface area contributed by atoms with Crippen molar-refractivity contribution >= 4 is 15.9 Å². The maximum absolute atomic E-state index is 13.5. The third-order valence-electron chi connectivity index (χ3n) is 3.19. The van der Waals surface area contributed by atoms with E-state index in [4.69, 9.17) is 4.74 Å². The van der Waals surface area contributed by atoms with Gasteiger partial charge in [-0.1, -0.05) is 12.1 Å². The van der Waals surface area contributed by atoms with Gasteiger partial charge in [-0.3, -0.25) is 0 Å². The Kier molecular flexibility index (Phi) is 5.31. The summed E-state index contributed by atoms with van der Waals surface area (Å²) in [4.78, 5) is 0. The molecule has 0 amide bonds. The number of hydrogen-bond donors (Lipinski definition) is 1. The molecule has 0 aliphatic heterocycles. The van der Waals surface area contributed by atoms with Crippen LogP contribution in [-0.4, -0.2) is 18.3 Å². The average molecular weight is 357 g/mol. The summed E-state index contributed by atoms with van der Waals surface area (Å²) in [6, 6.07) is 9.09. The van der Waals surface area contributed by atoms with Crippen LogP contribution in [0.1, 0.15) is 11.1 Å². The molecule has 0 spiro atoms.